The number of ether oxygens (including phenoxy) is 1. The van der Waals surface area contributed by atoms with E-state index in [2.05, 4.69) is 0 Å². The SMILES string of the molecule is NC(=O)C1(C(N)=O)O[C@H]1c1ccc(F)cc1. The van der Waals surface area contributed by atoms with Crippen molar-refractivity contribution in [1.82, 2.24) is 0 Å². The maximum atomic E-state index is 12.7. The molecule has 1 saturated heterocycles. The monoisotopic (exact) mass is 224 g/mol. The summed E-state index contributed by atoms with van der Waals surface area (Å²) >= 11 is 0. The van der Waals surface area contributed by atoms with Crippen molar-refractivity contribution in [2.45, 2.75) is 11.7 Å². The van der Waals surface area contributed by atoms with Gasteiger partial charge in [-0.3, -0.25) is 9.59 Å². The Labute approximate surface area is 90.2 Å². The number of hydrogen-bond acceptors (Lipinski definition) is 3. The number of nitrogens with two attached hydrogens (primary N) is 2. The third-order valence-corrected chi connectivity index (χ3v) is 2.52. The average Bonchev–Trinajstić information content (AvgIpc) is 2.95. The van der Waals surface area contributed by atoms with Crippen molar-refractivity contribution >= 4 is 11.8 Å². The predicted octanol–water partition coefficient (Wildman–Crippen LogP) is -0.394. The van der Waals surface area contributed by atoms with Crippen LogP contribution in [0.5, 0.6) is 0 Å². The summed E-state index contributed by atoms with van der Waals surface area (Å²) in [5, 5.41) is 0. The number of benzene rings is 1. The van der Waals surface area contributed by atoms with Crippen molar-refractivity contribution in [3.8, 4) is 0 Å². The highest BCUT2D eigenvalue weighted by molar-refractivity contribution is 6.10. The second kappa shape index (κ2) is 3.28. The minimum Gasteiger partial charge on any atom is -0.367 e. The summed E-state index contributed by atoms with van der Waals surface area (Å²) in [6.07, 6.45) is -0.817. The molecule has 0 radical (unpaired) electrons. The molecule has 1 aliphatic heterocycles. The summed E-state index contributed by atoms with van der Waals surface area (Å²) in [6.45, 7) is 0. The molecule has 1 heterocycles. The highest BCUT2D eigenvalue weighted by atomic mass is 19.1. The first-order valence-corrected chi connectivity index (χ1v) is 4.51. The molecule has 1 fully saturated rings. The van der Waals surface area contributed by atoms with Crippen molar-refractivity contribution in [3.05, 3.63) is 35.6 Å². The molecule has 5 nitrogen and oxygen atoms in total. The molecule has 2 rings (SSSR count). The van der Waals surface area contributed by atoms with E-state index in [1.165, 1.54) is 24.3 Å². The van der Waals surface area contributed by atoms with Crippen molar-refractivity contribution in [1.29, 1.82) is 0 Å². The van der Waals surface area contributed by atoms with E-state index in [1.807, 2.05) is 0 Å². The van der Waals surface area contributed by atoms with E-state index in [0.717, 1.165) is 0 Å². The quantitative estimate of drug-likeness (QED) is 0.540. The van der Waals surface area contributed by atoms with E-state index >= 15 is 0 Å². The zero-order chi connectivity index (χ0) is 11.9. The molecule has 0 unspecified atom stereocenters. The van der Waals surface area contributed by atoms with Gasteiger partial charge in [0.05, 0.1) is 0 Å². The molecule has 1 aromatic carbocycles. The van der Waals surface area contributed by atoms with E-state index in [0.29, 0.717) is 5.56 Å². The van der Waals surface area contributed by atoms with Crippen molar-refractivity contribution in [2.75, 3.05) is 0 Å². The van der Waals surface area contributed by atoms with Crippen LogP contribution in [0.25, 0.3) is 0 Å². The average molecular weight is 224 g/mol. The van der Waals surface area contributed by atoms with Gasteiger partial charge in [0.2, 0.25) is 0 Å². The number of amides is 2. The molecule has 1 aliphatic rings. The highest BCUT2D eigenvalue weighted by Gasteiger charge is 2.67. The first-order chi connectivity index (χ1) is 7.48. The van der Waals surface area contributed by atoms with E-state index in [-0.39, 0.29) is 0 Å². The van der Waals surface area contributed by atoms with Crippen LogP contribution in [0.3, 0.4) is 0 Å². The standard InChI is InChI=1S/C10H9FN2O3/c11-6-3-1-5(2-4-6)7-10(16-7,8(12)14)9(13)15/h1-4,7H,(H2,12,14)(H2,13,15)/t7-/m0/s1. The van der Waals surface area contributed by atoms with Crippen LogP contribution in [0.4, 0.5) is 4.39 Å². The van der Waals surface area contributed by atoms with Gasteiger partial charge in [-0.2, -0.15) is 0 Å². The van der Waals surface area contributed by atoms with Gasteiger partial charge in [0.15, 0.2) is 0 Å². The van der Waals surface area contributed by atoms with Gasteiger partial charge in [-0.05, 0) is 17.7 Å². The van der Waals surface area contributed by atoms with Crippen LogP contribution >= 0.6 is 0 Å². The molecular weight excluding hydrogens is 215 g/mol. The first-order valence-electron chi connectivity index (χ1n) is 4.51. The maximum Gasteiger partial charge on any atom is 0.262 e. The molecule has 0 saturated carbocycles. The zero-order valence-corrected chi connectivity index (χ0v) is 8.14. The molecule has 0 aromatic heterocycles. The van der Waals surface area contributed by atoms with E-state index in [4.69, 9.17) is 16.2 Å². The van der Waals surface area contributed by atoms with Crippen LogP contribution in [0, 0.1) is 5.82 Å². The minimum atomic E-state index is -1.78. The fraction of sp³-hybridized carbons (Fsp3) is 0.200. The van der Waals surface area contributed by atoms with Gasteiger partial charge in [0.25, 0.3) is 17.4 Å². The molecule has 0 spiro atoms. The predicted molar refractivity (Wildman–Crippen MR) is 51.3 cm³/mol. The fourth-order valence-corrected chi connectivity index (χ4v) is 1.59. The molecule has 1 atom stereocenters. The molecule has 6 heteroatoms. The lowest BCUT2D eigenvalue weighted by atomic mass is 9.98. The Hall–Kier alpha value is -1.95. The minimum absolute atomic E-state index is 0.423. The van der Waals surface area contributed by atoms with E-state index in [1.54, 1.807) is 0 Å². The number of carbonyl (C=O) groups excluding carboxylic acids is 2. The summed E-state index contributed by atoms with van der Waals surface area (Å²) in [5.74, 6) is -2.29. The Morgan fingerprint density at radius 1 is 1.19 bits per heavy atom. The number of carbonyl (C=O) groups is 2. The third kappa shape index (κ3) is 1.35. The Morgan fingerprint density at radius 3 is 2.06 bits per heavy atom. The Kier molecular flexibility index (Phi) is 2.16. The Balaban J connectivity index is 2.30. The van der Waals surface area contributed by atoms with Crippen LogP contribution in [-0.2, 0) is 14.3 Å². The van der Waals surface area contributed by atoms with Gasteiger partial charge in [0, 0.05) is 0 Å². The number of primary amides is 2. The summed E-state index contributed by atoms with van der Waals surface area (Å²) in [7, 11) is 0. The first kappa shape index (κ1) is 10.6. The number of halogens is 1. The van der Waals surface area contributed by atoms with Crippen LogP contribution in [0.1, 0.15) is 11.7 Å². The number of rotatable bonds is 3. The molecule has 1 aromatic rings. The Bertz CT molecular complexity index is 444. The van der Waals surface area contributed by atoms with Gasteiger partial charge in [-0.15, -0.1) is 0 Å². The van der Waals surface area contributed by atoms with Crippen LogP contribution in [0.2, 0.25) is 0 Å². The molecule has 2 amide bonds. The van der Waals surface area contributed by atoms with Crippen molar-refractivity contribution in [3.63, 3.8) is 0 Å². The summed E-state index contributed by atoms with van der Waals surface area (Å²) in [4.78, 5) is 22.2. The van der Waals surface area contributed by atoms with Gasteiger partial charge < -0.3 is 16.2 Å². The fourth-order valence-electron chi connectivity index (χ4n) is 1.59. The topological polar surface area (TPSA) is 98.7 Å². The second-order valence-electron chi connectivity index (χ2n) is 3.51. The maximum absolute atomic E-state index is 12.7. The molecule has 0 aliphatic carbocycles. The lowest BCUT2D eigenvalue weighted by Crippen LogP contribution is -2.44. The van der Waals surface area contributed by atoms with Crippen LogP contribution < -0.4 is 11.5 Å². The molecular formula is C10H9FN2O3. The van der Waals surface area contributed by atoms with Crippen molar-refractivity contribution < 1.29 is 18.7 Å². The second-order valence-corrected chi connectivity index (χ2v) is 3.51. The molecule has 0 bridgehead atoms. The van der Waals surface area contributed by atoms with Gasteiger partial charge in [0.1, 0.15) is 11.9 Å². The molecule has 84 valence electrons. The van der Waals surface area contributed by atoms with E-state index in [9.17, 15) is 14.0 Å². The largest absolute Gasteiger partial charge is 0.367 e. The third-order valence-electron chi connectivity index (χ3n) is 2.52. The molecule has 4 N–H and O–H groups in total. The van der Waals surface area contributed by atoms with Crippen molar-refractivity contribution in [2.24, 2.45) is 11.5 Å². The Morgan fingerprint density at radius 2 is 1.69 bits per heavy atom. The van der Waals surface area contributed by atoms with E-state index < -0.39 is 29.3 Å². The highest BCUT2D eigenvalue weighted by Crippen LogP contribution is 2.49. The number of hydrogen-bond donors (Lipinski definition) is 2. The number of epoxide rings is 1. The van der Waals surface area contributed by atoms with Gasteiger partial charge in [-0.25, -0.2) is 4.39 Å². The van der Waals surface area contributed by atoms with Gasteiger partial charge in [-0.1, -0.05) is 12.1 Å². The summed E-state index contributed by atoms with van der Waals surface area (Å²) in [5.41, 5.74) is 8.81. The normalized spacial score (nSPS) is 21.4. The summed E-state index contributed by atoms with van der Waals surface area (Å²) in [6, 6.07) is 5.22. The van der Waals surface area contributed by atoms with Gasteiger partial charge >= 0.3 is 0 Å². The van der Waals surface area contributed by atoms with Crippen LogP contribution in [-0.4, -0.2) is 17.4 Å². The lowest BCUT2D eigenvalue weighted by molar-refractivity contribution is -0.133. The smallest absolute Gasteiger partial charge is 0.262 e. The van der Waals surface area contributed by atoms with Crippen LogP contribution in [0.15, 0.2) is 24.3 Å². The summed E-state index contributed by atoms with van der Waals surface area (Å²) < 4.78 is 17.6. The molecule has 16 heavy (non-hydrogen) atoms. The zero-order valence-electron chi connectivity index (χ0n) is 8.14. The lowest BCUT2D eigenvalue weighted by Gasteiger charge is -2.03.